The number of carbonyl (C=O) groups is 2. The third kappa shape index (κ3) is 6.08. The van der Waals surface area contributed by atoms with Crippen LogP contribution < -0.4 is 4.74 Å². The Morgan fingerprint density at radius 3 is 2.27 bits per heavy atom. The highest BCUT2D eigenvalue weighted by molar-refractivity contribution is 5.64. The summed E-state index contributed by atoms with van der Waals surface area (Å²) in [7, 11) is 0. The zero-order chi connectivity index (χ0) is 22.5. The van der Waals surface area contributed by atoms with Crippen molar-refractivity contribution >= 4 is 18.0 Å². The van der Waals surface area contributed by atoms with Crippen LogP contribution >= 0.6 is 0 Å². The first-order chi connectivity index (χ1) is 14.0. The van der Waals surface area contributed by atoms with Crippen LogP contribution in [0.25, 0.3) is 0 Å². The molecule has 0 bridgehead atoms. The number of benzene rings is 1. The van der Waals surface area contributed by atoms with E-state index in [1.165, 1.54) is 24.3 Å². The van der Waals surface area contributed by atoms with Crippen molar-refractivity contribution < 1.29 is 47.4 Å². The van der Waals surface area contributed by atoms with Crippen molar-refractivity contribution in [2.45, 2.75) is 31.2 Å². The van der Waals surface area contributed by atoms with E-state index >= 15 is 0 Å². The molecule has 0 spiro atoms. The van der Waals surface area contributed by atoms with Crippen LogP contribution in [0, 0.1) is 10.1 Å². The molecule has 11 nitrogen and oxygen atoms in total. The second-order valence-corrected chi connectivity index (χ2v) is 5.93. The molecule has 0 aliphatic heterocycles. The highest BCUT2D eigenvalue weighted by Gasteiger charge is 2.41. The fourth-order valence-electron chi connectivity index (χ4n) is 2.57. The van der Waals surface area contributed by atoms with Gasteiger partial charge in [-0.25, -0.2) is 14.6 Å². The largest absolute Gasteiger partial charge is 0.514 e. The number of rotatable bonds is 4. The molecule has 3 rings (SSSR count). The number of hydrogen-bond donors (Lipinski definition) is 2. The first-order valence-corrected chi connectivity index (χ1v) is 8.11. The number of nitro benzene ring substituents is 1. The summed E-state index contributed by atoms with van der Waals surface area (Å²) in [6, 6.07) is 4.35. The normalized spacial score (nSPS) is 17.7. The smallest absolute Gasteiger partial charge is 0.450 e. The van der Waals surface area contributed by atoms with E-state index in [1.807, 2.05) is 0 Å². The van der Waals surface area contributed by atoms with E-state index in [4.69, 9.17) is 24.5 Å². The summed E-state index contributed by atoms with van der Waals surface area (Å²) in [5, 5.41) is 24.5. The van der Waals surface area contributed by atoms with Crippen molar-refractivity contribution in [1.29, 1.82) is 0 Å². The lowest BCUT2D eigenvalue weighted by Crippen LogP contribution is -2.36. The highest BCUT2D eigenvalue weighted by Crippen LogP contribution is 2.39. The predicted octanol–water partition coefficient (Wildman–Crippen LogP) is 3.95. The summed E-state index contributed by atoms with van der Waals surface area (Å²) < 4.78 is 49.4. The molecule has 2 aromatic rings. The van der Waals surface area contributed by atoms with Crippen molar-refractivity contribution in [3.05, 3.63) is 52.6 Å². The SMILES string of the molecule is O=C(O)O.O=C(Oc1ccc([N+](=O)[O-])cc1)OC1CC(n2cncc2C(F)(F)F)C1. The van der Waals surface area contributed by atoms with Crippen LogP contribution in [0.1, 0.15) is 24.6 Å². The summed E-state index contributed by atoms with van der Waals surface area (Å²) in [6.45, 7) is 0. The Balaban J connectivity index is 0.000000735. The zero-order valence-corrected chi connectivity index (χ0v) is 14.9. The lowest BCUT2D eigenvalue weighted by Gasteiger charge is -2.35. The van der Waals surface area contributed by atoms with Gasteiger partial charge in [-0.1, -0.05) is 0 Å². The molecule has 2 N–H and O–H groups in total. The van der Waals surface area contributed by atoms with Gasteiger partial charge in [0.2, 0.25) is 0 Å². The number of carboxylic acid groups (broad SMARTS) is 2. The molecule has 1 aliphatic carbocycles. The summed E-state index contributed by atoms with van der Waals surface area (Å²) in [5.41, 5.74) is -1.01. The van der Waals surface area contributed by atoms with Gasteiger partial charge in [-0.3, -0.25) is 10.1 Å². The average Bonchev–Trinajstić information content (AvgIpc) is 3.07. The number of nitrogens with zero attached hydrogens (tertiary/aromatic N) is 3. The molecule has 0 radical (unpaired) electrons. The van der Waals surface area contributed by atoms with Crippen molar-refractivity contribution in [1.82, 2.24) is 9.55 Å². The summed E-state index contributed by atoms with van der Waals surface area (Å²) in [6.07, 6.45) is -5.69. The van der Waals surface area contributed by atoms with Crippen molar-refractivity contribution in [2.75, 3.05) is 0 Å². The van der Waals surface area contributed by atoms with E-state index in [0.717, 1.165) is 17.1 Å². The molecule has 1 aliphatic rings. The lowest BCUT2D eigenvalue weighted by molar-refractivity contribution is -0.384. The average molecular weight is 433 g/mol. The number of carbonyl (C=O) groups excluding carboxylic acids is 1. The second kappa shape index (κ2) is 9.11. The van der Waals surface area contributed by atoms with Crippen LogP contribution in [-0.4, -0.2) is 43.1 Å². The number of halogens is 3. The topological polar surface area (TPSA) is 154 Å². The molecule has 14 heteroatoms. The minimum Gasteiger partial charge on any atom is -0.450 e. The van der Waals surface area contributed by atoms with Crippen LogP contribution in [0.5, 0.6) is 5.75 Å². The molecule has 0 unspecified atom stereocenters. The quantitative estimate of drug-likeness (QED) is 0.316. The van der Waals surface area contributed by atoms with Crippen molar-refractivity contribution in [3.8, 4) is 5.75 Å². The van der Waals surface area contributed by atoms with Crippen LogP contribution in [-0.2, 0) is 10.9 Å². The minimum atomic E-state index is -4.50. The van der Waals surface area contributed by atoms with E-state index in [-0.39, 0.29) is 24.3 Å². The molecular weight excluding hydrogens is 419 g/mol. The van der Waals surface area contributed by atoms with E-state index in [2.05, 4.69) is 4.98 Å². The number of hydrogen-bond acceptors (Lipinski definition) is 7. The van der Waals surface area contributed by atoms with Gasteiger partial charge in [0.15, 0.2) is 0 Å². The fraction of sp³-hybridized carbons (Fsp3) is 0.312. The number of alkyl halides is 3. The van der Waals surface area contributed by atoms with Gasteiger partial charge in [0.05, 0.1) is 17.4 Å². The molecule has 1 heterocycles. The first kappa shape index (κ1) is 22.4. The Labute approximate surface area is 165 Å². The molecule has 0 atom stereocenters. The monoisotopic (exact) mass is 433 g/mol. The molecule has 162 valence electrons. The van der Waals surface area contributed by atoms with Crippen molar-refractivity contribution in [3.63, 3.8) is 0 Å². The Morgan fingerprint density at radius 1 is 1.20 bits per heavy atom. The van der Waals surface area contributed by atoms with E-state index < -0.39 is 41.3 Å². The number of non-ortho nitro benzene ring substituents is 1. The van der Waals surface area contributed by atoms with E-state index in [1.54, 1.807) is 0 Å². The zero-order valence-electron chi connectivity index (χ0n) is 14.9. The maximum Gasteiger partial charge on any atom is 0.514 e. The molecule has 1 saturated carbocycles. The third-order valence-corrected chi connectivity index (χ3v) is 3.93. The maximum absolute atomic E-state index is 12.8. The molecule has 0 saturated heterocycles. The Kier molecular flexibility index (Phi) is 6.81. The fourth-order valence-corrected chi connectivity index (χ4v) is 2.57. The van der Waals surface area contributed by atoms with Crippen LogP contribution in [0.15, 0.2) is 36.8 Å². The molecule has 1 aromatic carbocycles. The summed E-state index contributed by atoms with van der Waals surface area (Å²) in [5.74, 6) is 0.0606. The Bertz CT molecular complexity index is 903. The number of nitro groups is 1. The van der Waals surface area contributed by atoms with Gasteiger partial charge in [-0.15, -0.1) is 0 Å². The standard InChI is InChI=1S/C15H12F3N3O5.CH2O3/c16-15(17,18)13-7-19-8-20(13)10-5-12(6-10)26-14(22)25-11-3-1-9(2-4-11)21(23)24;2-1(3)4/h1-4,7-8,10,12H,5-6H2;(H2,2,3,4). The second-order valence-electron chi connectivity index (χ2n) is 5.93. The minimum absolute atomic E-state index is 0.0606. The van der Waals surface area contributed by atoms with Crippen molar-refractivity contribution in [2.24, 2.45) is 0 Å². The summed E-state index contributed by atoms with van der Waals surface area (Å²) >= 11 is 0. The first-order valence-electron chi connectivity index (χ1n) is 8.11. The molecule has 1 fully saturated rings. The van der Waals surface area contributed by atoms with Gasteiger partial charge in [0.25, 0.3) is 5.69 Å². The van der Waals surface area contributed by atoms with Crippen LogP contribution in [0.4, 0.5) is 28.4 Å². The molecule has 0 amide bonds. The van der Waals surface area contributed by atoms with Gasteiger partial charge in [0.1, 0.15) is 17.5 Å². The molecule has 1 aromatic heterocycles. The van der Waals surface area contributed by atoms with Crippen LogP contribution in [0.2, 0.25) is 0 Å². The maximum atomic E-state index is 12.8. The van der Waals surface area contributed by atoms with E-state index in [9.17, 15) is 28.1 Å². The highest BCUT2D eigenvalue weighted by atomic mass is 19.4. The van der Waals surface area contributed by atoms with Gasteiger partial charge < -0.3 is 24.3 Å². The van der Waals surface area contributed by atoms with Crippen LogP contribution in [0.3, 0.4) is 0 Å². The summed E-state index contributed by atoms with van der Waals surface area (Å²) in [4.78, 5) is 33.7. The van der Waals surface area contributed by atoms with Gasteiger partial charge in [0, 0.05) is 31.0 Å². The number of imidazole rings is 1. The number of ether oxygens (including phenoxy) is 2. The lowest BCUT2D eigenvalue weighted by atomic mass is 9.89. The van der Waals surface area contributed by atoms with Gasteiger partial charge in [-0.2, -0.15) is 13.2 Å². The number of aromatic nitrogens is 2. The molecule has 30 heavy (non-hydrogen) atoms. The Morgan fingerprint density at radius 2 is 1.77 bits per heavy atom. The van der Waals surface area contributed by atoms with Gasteiger partial charge in [-0.05, 0) is 12.1 Å². The third-order valence-electron chi connectivity index (χ3n) is 3.93. The van der Waals surface area contributed by atoms with Gasteiger partial charge >= 0.3 is 18.5 Å². The Hall–Kier alpha value is -3.84. The van der Waals surface area contributed by atoms with E-state index in [0.29, 0.717) is 0 Å². The predicted molar refractivity (Wildman–Crippen MR) is 90.1 cm³/mol. The molecular formula is C16H14F3N3O8.